The molecule has 8 nitrogen and oxygen atoms in total. The molecule has 2 unspecified atom stereocenters. The lowest BCUT2D eigenvalue weighted by Gasteiger charge is -2.25. The first-order valence-corrected chi connectivity index (χ1v) is 6.67. The van der Waals surface area contributed by atoms with Crippen molar-refractivity contribution in [3.05, 3.63) is 12.7 Å². The molecule has 0 amide bonds. The third-order valence-corrected chi connectivity index (χ3v) is 4.10. The Morgan fingerprint density at radius 2 is 1.95 bits per heavy atom. The number of hydrogen-bond acceptors (Lipinski definition) is 7. The van der Waals surface area contributed by atoms with Crippen molar-refractivity contribution >= 4 is 17.0 Å². The summed E-state index contributed by atoms with van der Waals surface area (Å²) in [6.07, 6.45) is -1.52. The molecule has 0 radical (unpaired) electrons. The lowest BCUT2D eigenvalue weighted by Crippen LogP contribution is -2.35. The molecular formula is C12H15F2N5O3. The normalized spacial score (nSPS) is 31.0. The minimum absolute atomic E-state index is 0.0343. The molecule has 0 aliphatic heterocycles. The fourth-order valence-corrected chi connectivity index (χ4v) is 3.03. The first-order valence-electron chi connectivity index (χ1n) is 6.67. The van der Waals surface area contributed by atoms with E-state index >= 15 is 0 Å². The second-order valence-corrected chi connectivity index (χ2v) is 5.30. The van der Waals surface area contributed by atoms with Gasteiger partial charge >= 0.3 is 0 Å². The zero-order valence-electron chi connectivity index (χ0n) is 11.3. The third kappa shape index (κ3) is 1.95. The number of halogens is 2. The van der Waals surface area contributed by atoms with Crippen molar-refractivity contribution in [2.75, 3.05) is 12.3 Å². The van der Waals surface area contributed by atoms with Gasteiger partial charge in [0.2, 0.25) is 0 Å². The molecule has 0 bridgehead atoms. The number of rotatable bonds is 3. The summed E-state index contributed by atoms with van der Waals surface area (Å²) in [5.74, 6) is -4.98. The van der Waals surface area contributed by atoms with Crippen molar-refractivity contribution in [1.82, 2.24) is 19.5 Å². The van der Waals surface area contributed by atoms with Crippen LogP contribution in [-0.2, 0) is 0 Å². The Morgan fingerprint density at radius 1 is 1.23 bits per heavy atom. The number of nitrogens with zero attached hydrogens (tertiary/aromatic N) is 4. The number of aliphatic hydroxyl groups is 3. The van der Waals surface area contributed by atoms with Gasteiger partial charge in [0.05, 0.1) is 18.3 Å². The molecule has 5 N–H and O–H groups in total. The van der Waals surface area contributed by atoms with Crippen LogP contribution in [0.2, 0.25) is 0 Å². The molecule has 2 aromatic heterocycles. The molecule has 3 rings (SSSR count). The van der Waals surface area contributed by atoms with Gasteiger partial charge in [-0.3, -0.25) is 0 Å². The molecule has 22 heavy (non-hydrogen) atoms. The summed E-state index contributed by atoms with van der Waals surface area (Å²) < 4.78 is 30.2. The number of alkyl halides is 2. The number of aromatic nitrogens is 4. The number of nitrogen functional groups attached to an aromatic ring is 1. The molecule has 0 spiro atoms. The molecule has 4 atom stereocenters. The molecule has 120 valence electrons. The van der Waals surface area contributed by atoms with Gasteiger partial charge in [0.15, 0.2) is 11.5 Å². The van der Waals surface area contributed by atoms with Gasteiger partial charge in [-0.1, -0.05) is 0 Å². The van der Waals surface area contributed by atoms with Crippen LogP contribution in [0.4, 0.5) is 14.6 Å². The molecule has 1 fully saturated rings. The number of anilines is 1. The molecule has 0 aromatic carbocycles. The second-order valence-electron chi connectivity index (χ2n) is 5.30. The van der Waals surface area contributed by atoms with Crippen molar-refractivity contribution in [3.8, 4) is 0 Å². The number of imidazole rings is 1. The van der Waals surface area contributed by atoms with E-state index in [1.165, 1.54) is 0 Å². The van der Waals surface area contributed by atoms with E-state index in [2.05, 4.69) is 15.0 Å². The lowest BCUT2D eigenvalue weighted by atomic mass is 9.98. The van der Waals surface area contributed by atoms with Crippen LogP contribution in [0.5, 0.6) is 0 Å². The summed E-state index contributed by atoms with van der Waals surface area (Å²) in [6, 6.07) is -1.75. The van der Waals surface area contributed by atoms with Crippen molar-refractivity contribution in [3.63, 3.8) is 0 Å². The van der Waals surface area contributed by atoms with Crippen LogP contribution in [0.15, 0.2) is 12.7 Å². The van der Waals surface area contributed by atoms with Gasteiger partial charge in [0.1, 0.15) is 24.0 Å². The van der Waals surface area contributed by atoms with Gasteiger partial charge in [-0.2, -0.15) is 0 Å². The molecule has 1 saturated carbocycles. The van der Waals surface area contributed by atoms with Crippen LogP contribution in [0.25, 0.3) is 11.2 Å². The van der Waals surface area contributed by atoms with Crippen LogP contribution in [0, 0.1) is 5.92 Å². The molecule has 10 heteroatoms. The van der Waals surface area contributed by atoms with E-state index in [0.29, 0.717) is 0 Å². The van der Waals surface area contributed by atoms with E-state index < -0.39 is 36.7 Å². The molecule has 1 aliphatic rings. The lowest BCUT2D eigenvalue weighted by molar-refractivity contribution is -0.0922. The molecular weight excluding hydrogens is 300 g/mol. The van der Waals surface area contributed by atoms with Gasteiger partial charge in [-0.15, -0.1) is 0 Å². The number of nitrogens with two attached hydrogens (primary N) is 1. The van der Waals surface area contributed by atoms with Gasteiger partial charge in [-0.05, 0) is 6.42 Å². The van der Waals surface area contributed by atoms with Crippen molar-refractivity contribution in [2.45, 2.75) is 30.6 Å². The molecule has 0 saturated heterocycles. The van der Waals surface area contributed by atoms with Crippen molar-refractivity contribution < 1.29 is 24.1 Å². The van der Waals surface area contributed by atoms with E-state index in [0.717, 1.165) is 17.2 Å². The van der Waals surface area contributed by atoms with Gasteiger partial charge < -0.3 is 25.6 Å². The van der Waals surface area contributed by atoms with Crippen molar-refractivity contribution in [2.24, 2.45) is 5.92 Å². The average Bonchev–Trinajstić information content (AvgIpc) is 2.94. The highest BCUT2D eigenvalue weighted by Gasteiger charge is 2.62. The Kier molecular flexibility index (Phi) is 3.46. The first-order chi connectivity index (χ1) is 10.4. The minimum atomic E-state index is -3.45. The van der Waals surface area contributed by atoms with E-state index in [1.54, 1.807) is 0 Å². The van der Waals surface area contributed by atoms with Crippen LogP contribution >= 0.6 is 0 Å². The van der Waals surface area contributed by atoms with E-state index in [4.69, 9.17) is 10.8 Å². The van der Waals surface area contributed by atoms with E-state index in [1.807, 2.05) is 0 Å². The van der Waals surface area contributed by atoms with Crippen LogP contribution < -0.4 is 5.73 Å². The largest absolute Gasteiger partial charge is 0.396 e. The highest BCUT2D eigenvalue weighted by atomic mass is 19.3. The summed E-state index contributed by atoms with van der Waals surface area (Å²) in [5.41, 5.74) is 5.81. The van der Waals surface area contributed by atoms with E-state index in [9.17, 15) is 19.0 Å². The van der Waals surface area contributed by atoms with E-state index in [-0.39, 0.29) is 23.4 Å². The zero-order valence-corrected chi connectivity index (χ0v) is 11.3. The Labute approximate surface area is 123 Å². The fourth-order valence-electron chi connectivity index (χ4n) is 3.03. The topological polar surface area (TPSA) is 130 Å². The number of aliphatic hydroxyl groups excluding tert-OH is 3. The molecule has 1 aliphatic carbocycles. The standard InChI is InChI=1S/C12H15F2N5O3/c13-12(14)5(1-2-20)7(21)8(22)9(12)19-4-18-6-10(15)16-3-17-11(6)19/h3-5,7-9,20-22H,1-2H2,(H2,15,16,17)/t5-,7?,8?,9+/m1/s1. The maximum atomic E-state index is 14.6. The second kappa shape index (κ2) is 5.07. The van der Waals surface area contributed by atoms with Crippen molar-refractivity contribution in [1.29, 1.82) is 0 Å². The summed E-state index contributed by atoms with van der Waals surface area (Å²) in [4.78, 5) is 11.5. The predicted molar refractivity (Wildman–Crippen MR) is 70.9 cm³/mol. The summed E-state index contributed by atoms with van der Waals surface area (Å²) >= 11 is 0. The smallest absolute Gasteiger partial charge is 0.276 e. The Morgan fingerprint density at radius 3 is 2.64 bits per heavy atom. The molecule has 2 aromatic rings. The maximum absolute atomic E-state index is 14.6. The Balaban J connectivity index is 2.11. The monoisotopic (exact) mass is 315 g/mol. The predicted octanol–water partition coefficient (Wildman–Crippen LogP) is -0.681. The Hall–Kier alpha value is -1.91. The summed E-state index contributed by atoms with van der Waals surface area (Å²) in [7, 11) is 0. The fraction of sp³-hybridized carbons (Fsp3) is 0.583. The highest BCUT2D eigenvalue weighted by molar-refractivity contribution is 5.81. The summed E-state index contributed by atoms with van der Waals surface area (Å²) in [6.45, 7) is -0.517. The number of fused-ring (bicyclic) bond motifs is 1. The zero-order chi connectivity index (χ0) is 16.1. The van der Waals surface area contributed by atoms with Gasteiger partial charge in [0, 0.05) is 6.61 Å². The molecule has 2 heterocycles. The van der Waals surface area contributed by atoms with Crippen LogP contribution in [0.3, 0.4) is 0 Å². The van der Waals surface area contributed by atoms with Crippen LogP contribution in [-0.4, -0.2) is 59.6 Å². The highest BCUT2D eigenvalue weighted by Crippen LogP contribution is 2.50. The van der Waals surface area contributed by atoms with Crippen LogP contribution in [0.1, 0.15) is 12.5 Å². The third-order valence-electron chi connectivity index (χ3n) is 4.10. The maximum Gasteiger partial charge on any atom is 0.276 e. The quantitative estimate of drug-likeness (QED) is 0.590. The SMILES string of the molecule is Nc1ncnc2c1ncn2[C@H]1C(O)C(O)[C@@H](CCO)C1(F)F. The average molecular weight is 315 g/mol. The number of hydrogen-bond donors (Lipinski definition) is 4. The summed E-state index contributed by atoms with van der Waals surface area (Å²) in [5, 5.41) is 28.8. The first kappa shape index (κ1) is 15.0. The van der Waals surface area contributed by atoms with Gasteiger partial charge in [0.25, 0.3) is 5.92 Å². The van der Waals surface area contributed by atoms with Gasteiger partial charge in [-0.25, -0.2) is 23.7 Å². The minimum Gasteiger partial charge on any atom is -0.396 e. The Bertz CT molecular complexity index is 694.